The molecule has 28 heavy (non-hydrogen) atoms. The lowest BCUT2D eigenvalue weighted by molar-refractivity contribution is 0.306. The fourth-order valence-electron chi connectivity index (χ4n) is 3.20. The van der Waals surface area contributed by atoms with Gasteiger partial charge in [0.2, 0.25) is 0 Å². The lowest BCUT2D eigenvalue weighted by atomic mass is 10.0. The second kappa shape index (κ2) is 8.93. The van der Waals surface area contributed by atoms with Crippen LogP contribution in [-0.2, 0) is 17.5 Å². The predicted molar refractivity (Wildman–Crippen MR) is 118 cm³/mol. The lowest BCUT2D eigenvalue weighted by Crippen LogP contribution is -2.36. The van der Waals surface area contributed by atoms with Gasteiger partial charge in [0.15, 0.2) is 0 Å². The Bertz CT molecular complexity index is 830. The highest BCUT2D eigenvalue weighted by atomic mass is 32.2. The summed E-state index contributed by atoms with van der Waals surface area (Å²) in [6, 6.07) is 16.7. The summed E-state index contributed by atoms with van der Waals surface area (Å²) in [7, 11) is -1.15. The Hall–Kier alpha value is -2.11. The molecule has 2 aromatic carbocycles. The first kappa shape index (κ1) is 20.6. The predicted octanol–water partition coefficient (Wildman–Crippen LogP) is 4.75. The van der Waals surface area contributed by atoms with Crippen molar-refractivity contribution in [2.45, 2.75) is 44.5 Å². The molecule has 1 N–H and O–H groups in total. The van der Waals surface area contributed by atoms with Crippen molar-refractivity contribution in [2.24, 2.45) is 0 Å². The normalized spacial score (nSPS) is 16.0. The number of hydrogen-bond donors (Lipinski definition) is 1. The molecule has 3 rings (SSSR count). The van der Waals surface area contributed by atoms with Gasteiger partial charge < -0.3 is 9.64 Å². The van der Waals surface area contributed by atoms with Gasteiger partial charge in [-0.25, -0.2) is 8.93 Å². The molecule has 0 bridgehead atoms. The van der Waals surface area contributed by atoms with E-state index in [0.29, 0.717) is 13.0 Å². The second-order valence-corrected chi connectivity index (χ2v) is 10.1. The Labute approximate surface area is 171 Å². The van der Waals surface area contributed by atoms with E-state index >= 15 is 0 Å². The van der Waals surface area contributed by atoms with E-state index in [9.17, 15) is 4.21 Å². The van der Waals surface area contributed by atoms with Crippen molar-refractivity contribution in [3.05, 3.63) is 72.3 Å². The minimum absolute atomic E-state index is 0.0524. The van der Waals surface area contributed by atoms with Crippen molar-refractivity contribution in [3.63, 3.8) is 0 Å². The smallest absolute Gasteiger partial charge is 0.142 e. The summed E-state index contributed by atoms with van der Waals surface area (Å²) in [4.78, 5) is 2.35. The van der Waals surface area contributed by atoms with Gasteiger partial charge >= 0.3 is 0 Å². The van der Waals surface area contributed by atoms with Crippen LogP contribution in [0.1, 0.15) is 44.4 Å². The standard InChI is InChI=1S/C23H30N2O2S/c1-5-9-20(24-28(26)23(2,3)4)19-12-13-22-21(16-19)25(14-15-27-22)17-18-10-7-6-8-11-18/h5-8,10-13,16,20,24H,1,9,14-15,17H2,2-4H3. The third-order valence-electron chi connectivity index (χ3n) is 4.77. The van der Waals surface area contributed by atoms with Gasteiger partial charge in [-0.2, -0.15) is 0 Å². The molecular weight excluding hydrogens is 368 g/mol. The van der Waals surface area contributed by atoms with E-state index in [2.05, 4.69) is 52.6 Å². The molecule has 0 radical (unpaired) electrons. The Kier molecular flexibility index (Phi) is 6.57. The number of nitrogens with one attached hydrogen (secondary N) is 1. The molecule has 4 nitrogen and oxygen atoms in total. The number of benzene rings is 2. The Morgan fingerprint density at radius 2 is 2.00 bits per heavy atom. The minimum Gasteiger partial charge on any atom is -0.490 e. The molecule has 0 fully saturated rings. The zero-order valence-electron chi connectivity index (χ0n) is 17.0. The number of hydrogen-bond acceptors (Lipinski definition) is 3. The Morgan fingerprint density at radius 1 is 1.25 bits per heavy atom. The Balaban J connectivity index is 1.87. The maximum atomic E-state index is 12.6. The SMILES string of the molecule is C=CCC(NS(=O)C(C)(C)C)c1ccc2c(c1)N(Cc1ccccc1)CCO2. The van der Waals surface area contributed by atoms with Crippen LogP contribution in [0.3, 0.4) is 0 Å². The van der Waals surface area contributed by atoms with Crippen molar-refractivity contribution in [1.29, 1.82) is 0 Å². The van der Waals surface area contributed by atoms with Gasteiger partial charge in [-0.05, 0) is 50.5 Å². The summed E-state index contributed by atoms with van der Waals surface area (Å²) in [5.74, 6) is 0.903. The van der Waals surface area contributed by atoms with Gasteiger partial charge in [0.1, 0.15) is 12.4 Å². The van der Waals surface area contributed by atoms with Crippen molar-refractivity contribution >= 4 is 16.7 Å². The highest BCUT2D eigenvalue weighted by molar-refractivity contribution is 7.84. The first-order chi connectivity index (χ1) is 13.4. The van der Waals surface area contributed by atoms with E-state index in [1.165, 1.54) is 5.56 Å². The third kappa shape index (κ3) is 5.03. The van der Waals surface area contributed by atoms with Crippen LogP contribution < -0.4 is 14.4 Å². The Morgan fingerprint density at radius 3 is 2.68 bits per heavy atom. The quantitative estimate of drug-likeness (QED) is 0.684. The van der Waals surface area contributed by atoms with E-state index < -0.39 is 11.0 Å². The van der Waals surface area contributed by atoms with E-state index in [0.717, 1.165) is 30.1 Å². The van der Waals surface area contributed by atoms with Gasteiger partial charge in [-0.15, -0.1) is 6.58 Å². The zero-order chi connectivity index (χ0) is 20.1. The van der Waals surface area contributed by atoms with Crippen molar-refractivity contribution in [2.75, 3.05) is 18.1 Å². The maximum Gasteiger partial charge on any atom is 0.142 e. The third-order valence-corrected chi connectivity index (χ3v) is 6.38. The largest absolute Gasteiger partial charge is 0.490 e. The van der Waals surface area contributed by atoms with Crippen LogP contribution in [0.5, 0.6) is 5.75 Å². The van der Waals surface area contributed by atoms with Crippen LogP contribution in [-0.4, -0.2) is 22.1 Å². The van der Waals surface area contributed by atoms with Gasteiger partial charge in [-0.1, -0.05) is 42.5 Å². The van der Waals surface area contributed by atoms with E-state index in [-0.39, 0.29) is 10.8 Å². The molecule has 0 amide bonds. The van der Waals surface area contributed by atoms with Gasteiger partial charge in [-0.3, -0.25) is 0 Å². The summed E-state index contributed by atoms with van der Waals surface area (Å²) in [6.45, 7) is 12.2. The fraction of sp³-hybridized carbons (Fsp3) is 0.391. The van der Waals surface area contributed by atoms with Crippen LogP contribution in [0.2, 0.25) is 0 Å². The molecule has 5 heteroatoms. The summed E-state index contributed by atoms with van der Waals surface area (Å²) in [6.07, 6.45) is 2.58. The van der Waals surface area contributed by atoms with Gasteiger partial charge in [0, 0.05) is 12.6 Å². The van der Waals surface area contributed by atoms with Crippen molar-refractivity contribution in [3.8, 4) is 5.75 Å². The molecule has 1 aliphatic heterocycles. The van der Waals surface area contributed by atoms with E-state index in [1.807, 2.05) is 39.0 Å². The first-order valence-electron chi connectivity index (χ1n) is 9.73. The molecule has 0 aliphatic carbocycles. The number of fused-ring (bicyclic) bond motifs is 1. The van der Waals surface area contributed by atoms with Crippen LogP contribution >= 0.6 is 0 Å². The molecule has 2 aromatic rings. The van der Waals surface area contributed by atoms with Crippen molar-refractivity contribution in [1.82, 2.24) is 4.72 Å². The van der Waals surface area contributed by atoms with E-state index in [1.54, 1.807) is 0 Å². The topological polar surface area (TPSA) is 41.6 Å². The average Bonchev–Trinajstić information content (AvgIpc) is 2.67. The highest BCUT2D eigenvalue weighted by Gasteiger charge is 2.25. The molecule has 0 aromatic heterocycles. The molecule has 2 atom stereocenters. The second-order valence-electron chi connectivity index (χ2n) is 8.06. The lowest BCUT2D eigenvalue weighted by Gasteiger charge is -2.32. The molecule has 0 saturated heterocycles. The van der Waals surface area contributed by atoms with Gasteiger partial charge in [0.25, 0.3) is 0 Å². The molecule has 0 saturated carbocycles. The fourth-order valence-corrected chi connectivity index (χ4v) is 4.04. The number of anilines is 1. The van der Waals surface area contributed by atoms with E-state index in [4.69, 9.17) is 4.74 Å². The average molecular weight is 399 g/mol. The van der Waals surface area contributed by atoms with Crippen LogP contribution in [0, 0.1) is 0 Å². The minimum atomic E-state index is -1.15. The van der Waals surface area contributed by atoms with Crippen molar-refractivity contribution < 1.29 is 8.95 Å². The van der Waals surface area contributed by atoms with Crippen LogP contribution in [0.25, 0.3) is 0 Å². The number of rotatable bonds is 7. The van der Waals surface area contributed by atoms with Crippen LogP contribution in [0.15, 0.2) is 61.2 Å². The molecule has 1 heterocycles. The molecular formula is C23H30N2O2S. The first-order valence-corrected chi connectivity index (χ1v) is 10.9. The highest BCUT2D eigenvalue weighted by Crippen LogP contribution is 2.36. The summed E-state index contributed by atoms with van der Waals surface area (Å²) >= 11 is 0. The van der Waals surface area contributed by atoms with Crippen LogP contribution in [0.4, 0.5) is 5.69 Å². The molecule has 0 spiro atoms. The molecule has 150 valence electrons. The zero-order valence-corrected chi connectivity index (χ0v) is 17.8. The number of ether oxygens (including phenoxy) is 1. The summed E-state index contributed by atoms with van der Waals surface area (Å²) in [5.41, 5.74) is 3.46. The number of nitrogens with zero attached hydrogens (tertiary/aromatic N) is 1. The van der Waals surface area contributed by atoms with Gasteiger partial charge in [0.05, 0.1) is 28.0 Å². The monoisotopic (exact) mass is 398 g/mol. The molecule has 1 aliphatic rings. The maximum absolute atomic E-state index is 12.6. The summed E-state index contributed by atoms with van der Waals surface area (Å²) < 4.78 is 21.5. The summed E-state index contributed by atoms with van der Waals surface area (Å²) in [5, 5.41) is 0. The molecule has 2 unspecified atom stereocenters.